The van der Waals surface area contributed by atoms with Crippen molar-refractivity contribution in [2.75, 3.05) is 26.1 Å². The number of urea groups is 1. The Morgan fingerprint density at radius 3 is 2.85 bits per heavy atom. The summed E-state index contributed by atoms with van der Waals surface area (Å²) >= 11 is 0. The van der Waals surface area contributed by atoms with Crippen LogP contribution in [0.2, 0.25) is 0 Å². The Labute approximate surface area is 151 Å². The molecule has 26 heavy (non-hydrogen) atoms. The number of hydrogen-bond acceptors (Lipinski definition) is 4. The van der Waals surface area contributed by atoms with E-state index in [0.717, 1.165) is 24.0 Å². The molecule has 0 aliphatic carbocycles. The third-order valence-electron chi connectivity index (χ3n) is 4.04. The number of rotatable bonds is 7. The van der Waals surface area contributed by atoms with Gasteiger partial charge in [0.15, 0.2) is 11.5 Å². The van der Waals surface area contributed by atoms with Gasteiger partial charge >= 0.3 is 6.03 Å². The van der Waals surface area contributed by atoms with Crippen molar-refractivity contribution in [3.05, 3.63) is 48.8 Å². The number of benzene rings is 1. The largest absolute Gasteiger partial charge is 0.493 e. The molecule has 0 bridgehead atoms. The lowest BCUT2D eigenvalue weighted by molar-refractivity contribution is 0.251. The minimum absolute atomic E-state index is 0.285. The first-order chi connectivity index (χ1) is 12.7. The highest BCUT2D eigenvalue weighted by molar-refractivity contribution is 5.91. The predicted molar refractivity (Wildman–Crippen MR) is 101 cm³/mol. The van der Waals surface area contributed by atoms with E-state index in [1.54, 1.807) is 31.5 Å². The van der Waals surface area contributed by atoms with Crippen molar-refractivity contribution < 1.29 is 14.3 Å². The van der Waals surface area contributed by atoms with Gasteiger partial charge in [-0.2, -0.15) is 0 Å². The first-order valence-electron chi connectivity index (χ1n) is 8.38. The van der Waals surface area contributed by atoms with Crippen molar-refractivity contribution in [2.45, 2.75) is 13.0 Å². The van der Waals surface area contributed by atoms with Crippen LogP contribution in [0.25, 0.3) is 11.0 Å². The number of pyridine rings is 1. The van der Waals surface area contributed by atoms with Gasteiger partial charge in [-0.15, -0.1) is 0 Å². The smallest absolute Gasteiger partial charge is 0.319 e. The standard InChI is InChI=1S/C19H22N4O3/c1-25-16-8-3-7-15(17(16)26-2)22-19(24)21-11-5-12-23-13-9-14-6-4-10-20-18(14)23/h3-4,6-10,13H,5,11-12H2,1-2H3,(H2,21,22,24). The number of carbonyl (C=O) groups is 1. The van der Waals surface area contributed by atoms with E-state index < -0.39 is 0 Å². The molecule has 0 saturated heterocycles. The molecule has 0 saturated carbocycles. The molecule has 7 nitrogen and oxygen atoms in total. The molecular weight excluding hydrogens is 332 g/mol. The average Bonchev–Trinajstić information content (AvgIpc) is 3.08. The first-order valence-corrected chi connectivity index (χ1v) is 8.38. The molecule has 3 aromatic rings. The number of aryl methyl sites for hydroxylation is 1. The van der Waals surface area contributed by atoms with Crippen LogP contribution < -0.4 is 20.1 Å². The van der Waals surface area contributed by atoms with E-state index in [1.165, 1.54) is 7.11 Å². The minimum Gasteiger partial charge on any atom is -0.493 e. The van der Waals surface area contributed by atoms with Gasteiger partial charge in [0.1, 0.15) is 5.65 Å². The Morgan fingerprint density at radius 2 is 2.04 bits per heavy atom. The van der Waals surface area contributed by atoms with E-state index >= 15 is 0 Å². The number of amides is 2. The third-order valence-corrected chi connectivity index (χ3v) is 4.04. The summed E-state index contributed by atoms with van der Waals surface area (Å²) in [6, 6.07) is 11.0. The summed E-state index contributed by atoms with van der Waals surface area (Å²) in [5.41, 5.74) is 1.52. The van der Waals surface area contributed by atoms with Crippen LogP contribution in [0, 0.1) is 0 Å². The molecule has 0 radical (unpaired) electrons. The maximum Gasteiger partial charge on any atom is 0.319 e. The number of para-hydroxylation sites is 1. The summed E-state index contributed by atoms with van der Waals surface area (Å²) in [4.78, 5) is 16.5. The first kappa shape index (κ1) is 17.6. The average molecular weight is 354 g/mol. The van der Waals surface area contributed by atoms with E-state index in [0.29, 0.717) is 23.7 Å². The zero-order chi connectivity index (χ0) is 18.4. The molecule has 0 aliphatic heterocycles. The molecule has 0 fully saturated rings. The van der Waals surface area contributed by atoms with Crippen molar-refractivity contribution in [1.82, 2.24) is 14.9 Å². The van der Waals surface area contributed by atoms with Crippen LogP contribution in [0.15, 0.2) is 48.8 Å². The molecule has 0 aliphatic rings. The number of nitrogens with one attached hydrogen (secondary N) is 2. The summed E-state index contributed by atoms with van der Waals surface area (Å²) < 4.78 is 12.6. The van der Waals surface area contributed by atoms with E-state index in [-0.39, 0.29) is 6.03 Å². The number of methoxy groups -OCH3 is 2. The molecule has 2 aromatic heterocycles. The second kappa shape index (κ2) is 8.24. The molecule has 3 rings (SSSR count). The Bertz CT molecular complexity index is 891. The van der Waals surface area contributed by atoms with Gasteiger partial charge in [0, 0.05) is 30.9 Å². The Morgan fingerprint density at radius 1 is 1.15 bits per heavy atom. The maximum absolute atomic E-state index is 12.1. The van der Waals surface area contributed by atoms with E-state index in [4.69, 9.17) is 9.47 Å². The lowest BCUT2D eigenvalue weighted by Crippen LogP contribution is -2.30. The molecular formula is C19H22N4O3. The van der Waals surface area contributed by atoms with Crippen LogP contribution in [-0.2, 0) is 6.54 Å². The number of aromatic nitrogens is 2. The monoisotopic (exact) mass is 354 g/mol. The summed E-state index contributed by atoms with van der Waals surface area (Å²) in [7, 11) is 3.10. The Balaban J connectivity index is 1.50. The third kappa shape index (κ3) is 3.88. The Hall–Kier alpha value is -3.22. The number of carbonyl (C=O) groups excluding carboxylic acids is 1. The van der Waals surface area contributed by atoms with Crippen molar-refractivity contribution in [2.24, 2.45) is 0 Å². The summed E-state index contributed by atoms with van der Waals surface area (Å²) in [6.07, 6.45) is 4.59. The van der Waals surface area contributed by atoms with Crippen LogP contribution in [0.1, 0.15) is 6.42 Å². The SMILES string of the molecule is COc1cccc(NC(=O)NCCCn2ccc3cccnc32)c1OC. The lowest BCUT2D eigenvalue weighted by Gasteiger charge is -2.14. The number of anilines is 1. The van der Waals surface area contributed by atoms with Crippen LogP contribution in [0.5, 0.6) is 11.5 Å². The second-order valence-electron chi connectivity index (χ2n) is 5.70. The summed E-state index contributed by atoms with van der Waals surface area (Å²) in [5.74, 6) is 1.06. The fraction of sp³-hybridized carbons (Fsp3) is 0.263. The van der Waals surface area contributed by atoms with Gasteiger partial charge in [0.2, 0.25) is 0 Å². The minimum atomic E-state index is -0.285. The maximum atomic E-state index is 12.1. The zero-order valence-corrected chi connectivity index (χ0v) is 14.9. The van der Waals surface area contributed by atoms with Gasteiger partial charge in [0.25, 0.3) is 0 Å². The molecule has 7 heteroatoms. The molecule has 2 N–H and O–H groups in total. The number of hydrogen-bond donors (Lipinski definition) is 2. The lowest BCUT2D eigenvalue weighted by atomic mass is 10.2. The van der Waals surface area contributed by atoms with Gasteiger partial charge in [-0.1, -0.05) is 6.07 Å². The molecule has 2 heterocycles. The summed E-state index contributed by atoms with van der Waals surface area (Å²) in [6.45, 7) is 1.33. The fourth-order valence-corrected chi connectivity index (χ4v) is 2.80. The number of fused-ring (bicyclic) bond motifs is 1. The molecule has 1 aromatic carbocycles. The van der Waals surface area contributed by atoms with E-state index in [9.17, 15) is 4.79 Å². The molecule has 0 unspecified atom stereocenters. The highest BCUT2D eigenvalue weighted by Gasteiger charge is 2.11. The van der Waals surface area contributed by atoms with Gasteiger partial charge in [0.05, 0.1) is 19.9 Å². The molecule has 136 valence electrons. The quantitative estimate of drug-likeness (QED) is 0.639. The van der Waals surface area contributed by atoms with Gasteiger partial charge in [-0.3, -0.25) is 0 Å². The van der Waals surface area contributed by atoms with Crippen LogP contribution in [0.3, 0.4) is 0 Å². The van der Waals surface area contributed by atoms with Crippen LogP contribution in [0.4, 0.5) is 10.5 Å². The topological polar surface area (TPSA) is 77.4 Å². The van der Waals surface area contributed by atoms with E-state index in [2.05, 4.69) is 20.2 Å². The highest BCUT2D eigenvalue weighted by Crippen LogP contribution is 2.34. The summed E-state index contributed by atoms with van der Waals surface area (Å²) in [5, 5.41) is 6.75. The normalized spacial score (nSPS) is 10.5. The van der Waals surface area contributed by atoms with Crippen molar-refractivity contribution in [3.8, 4) is 11.5 Å². The Kier molecular flexibility index (Phi) is 5.58. The van der Waals surface area contributed by atoms with Crippen molar-refractivity contribution in [1.29, 1.82) is 0 Å². The predicted octanol–water partition coefficient (Wildman–Crippen LogP) is 3.27. The second-order valence-corrected chi connectivity index (χ2v) is 5.70. The van der Waals surface area contributed by atoms with E-state index in [1.807, 2.05) is 24.4 Å². The number of nitrogens with zero attached hydrogens (tertiary/aromatic N) is 2. The van der Waals surface area contributed by atoms with Crippen LogP contribution >= 0.6 is 0 Å². The number of ether oxygens (including phenoxy) is 2. The fourth-order valence-electron chi connectivity index (χ4n) is 2.80. The van der Waals surface area contributed by atoms with Gasteiger partial charge in [-0.05, 0) is 36.8 Å². The molecule has 0 atom stereocenters. The van der Waals surface area contributed by atoms with Gasteiger partial charge in [-0.25, -0.2) is 9.78 Å². The highest BCUT2D eigenvalue weighted by atomic mass is 16.5. The zero-order valence-electron chi connectivity index (χ0n) is 14.9. The molecule has 2 amide bonds. The van der Waals surface area contributed by atoms with Gasteiger partial charge < -0.3 is 24.7 Å². The van der Waals surface area contributed by atoms with Crippen molar-refractivity contribution in [3.63, 3.8) is 0 Å². The van der Waals surface area contributed by atoms with Crippen LogP contribution in [-0.4, -0.2) is 36.3 Å². The molecule has 0 spiro atoms. The van der Waals surface area contributed by atoms with Crippen molar-refractivity contribution >= 4 is 22.8 Å².